The van der Waals surface area contributed by atoms with E-state index in [0.717, 1.165) is 0 Å². The average Bonchev–Trinajstić information content (AvgIpc) is 2.00. The quantitative estimate of drug-likeness (QED) is 0.338. The molecule has 1 saturated heterocycles. The van der Waals surface area contributed by atoms with Gasteiger partial charge in [-0.1, -0.05) is 9.60 Å². The molecular formula is C4H2F6N2O. The average molecular weight is 208 g/mol. The summed E-state index contributed by atoms with van der Waals surface area (Å²) in [6.45, 7) is -1.75. The predicted molar refractivity (Wildman–Crippen MR) is 25.7 cm³/mol. The Bertz CT molecular complexity index is 243. The summed E-state index contributed by atoms with van der Waals surface area (Å²) >= 11 is 0. The standard InChI is InChI=1S/C4H2F6N2O/c5-3(6)4(7,8)12(10)2(13)1-11(3)9/h1H2. The largest absolute Gasteiger partial charge is 0.433 e. The number of hydrogen-bond acceptors (Lipinski definition) is 2. The molecule has 0 saturated carbocycles. The molecule has 0 atom stereocenters. The van der Waals surface area contributed by atoms with Crippen molar-refractivity contribution in [1.82, 2.24) is 10.2 Å². The third kappa shape index (κ3) is 1.14. The summed E-state index contributed by atoms with van der Waals surface area (Å²) in [6, 6.07) is -10.8. The van der Waals surface area contributed by atoms with Crippen molar-refractivity contribution in [3.05, 3.63) is 0 Å². The fourth-order valence-electron chi connectivity index (χ4n) is 0.701. The number of alkyl halides is 4. The van der Waals surface area contributed by atoms with E-state index in [1.807, 2.05) is 0 Å². The van der Waals surface area contributed by atoms with Gasteiger partial charge in [0.25, 0.3) is 5.91 Å². The minimum Gasteiger partial charge on any atom is -0.270 e. The van der Waals surface area contributed by atoms with E-state index in [4.69, 9.17) is 0 Å². The van der Waals surface area contributed by atoms with Gasteiger partial charge >= 0.3 is 12.1 Å². The van der Waals surface area contributed by atoms with Crippen LogP contribution in [0, 0.1) is 0 Å². The monoisotopic (exact) mass is 208 g/mol. The zero-order valence-electron chi connectivity index (χ0n) is 5.78. The first-order chi connectivity index (χ1) is 5.71. The van der Waals surface area contributed by atoms with Crippen LogP contribution in [-0.4, -0.2) is 34.8 Å². The fourth-order valence-corrected chi connectivity index (χ4v) is 0.701. The first-order valence-corrected chi connectivity index (χ1v) is 2.89. The lowest BCUT2D eigenvalue weighted by atomic mass is 10.3. The minimum atomic E-state index is -5.49. The SMILES string of the molecule is O=C1CN(F)C(F)(F)C(F)(F)N1F. The van der Waals surface area contributed by atoms with Crippen molar-refractivity contribution in [2.45, 2.75) is 12.1 Å². The molecule has 0 aliphatic carbocycles. The molecule has 1 aliphatic rings. The predicted octanol–water partition coefficient (Wildman–Crippen LogP) is 1.09. The van der Waals surface area contributed by atoms with Crippen molar-refractivity contribution in [2.24, 2.45) is 0 Å². The second kappa shape index (κ2) is 2.50. The number of amides is 1. The normalized spacial score (nSPS) is 27.8. The minimum absolute atomic E-state index is 1.70. The summed E-state index contributed by atoms with van der Waals surface area (Å²) in [6.07, 6.45) is 0. The molecule has 76 valence electrons. The van der Waals surface area contributed by atoms with Gasteiger partial charge in [0, 0.05) is 0 Å². The first kappa shape index (κ1) is 10.1. The molecular weight excluding hydrogens is 206 g/mol. The maximum absolute atomic E-state index is 12.2. The van der Waals surface area contributed by atoms with Crippen molar-refractivity contribution < 1.29 is 31.3 Å². The van der Waals surface area contributed by atoms with E-state index in [-0.39, 0.29) is 0 Å². The molecule has 0 bridgehead atoms. The number of rotatable bonds is 0. The Kier molecular flexibility index (Phi) is 1.94. The highest BCUT2D eigenvalue weighted by Crippen LogP contribution is 2.43. The summed E-state index contributed by atoms with van der Waals surface area (Å²) < 4.78 is 72.8. The topological polar surface area (TPSA) is 23.6 Å². The van der Waals surface area contributed by atoms with Gasteiger partial charge in [0.15, 0.2) is 0 Å². The molecule has 0 unspecified atom stereocenters. The number of piperazine rings is 1. The van der Waals surface area contributed by atoms with Gasteiger partial charge in [-0.3, -0.25) is 4.79 Å². The highest BCUT2D eigenvalue weighted by atomic mass is 19.3. The van der Waals surface area contributed by atoms with Crippen LogP contribution in [-0.2, 0) is 4.79 Å². The van der Waals surface area contributed by atoms with Crippen LogP contribution in [0.3, 0.4) is 0 Å². The lowest BCUT2D eigenvalue weighted by molar-refractivity contribution is -0.410. The Morgan fingerprint density at radius 3 is 2.00 bits per heavy atom. The van der Waals surface area contributed by atoms with E-state index in [1.165, 1.54) is 0 Å². The first-order valence-electron chi connectivity index (χ1n) is 2.89. The van der Waals surface area contributed by atoms with Gasteiger partial charge in [0.2, 0.25) is 0 Å². The van der Waals surface area contributed by atoms with Gasteiger partial charge < -0.3 is 0 Å². The molecule has 13 heavy (non-hydrogen) atoms. The number of hydrogen-bond donors (Lipinski definition) is 0. The molecule has 0 aromatic rings. The lowest BCUT2D eigenvalue weighted by Crippen LogP contribution is -2.65. The van der Waals surface area contributed by atoms with E-state index in [2.05, 4.69) is 0 Å². The zero-order chi connectivity index (χ0) is 10.4. The summed E-state index contributed by atoms with van der Waals surface area (Å²) in [5.74, 6) is -2.07. The molecule has 0 N–H and O–H groups in total. The summed E-state index contributed by atoms with van der Waals surface area (Å²) in [4.78, 5) is 10.2. The van der Waals surface area contributed by atoms with Gasteiger partial charge in [0.1, 0.15) is 6.54 Å². The number of carbonyl (C=O) groups excluding carboxylic acids is 1. The van der Waals surface area contributed by atoms with Gasteiger partial charge in [0.05, 0.1) is 0 Å². The molecule has 0 aromatic heterocycles. The maximum Gasteiger partial charge on any atom is 0.433 e. The third-order valence-corrected chi connectivity index (χ3v) is 1.41. The Balaban J connectivity index is 3.07. The third-order valence-electron chi connectivity index (χ3n) is 1.41. The van der Waals surface area contributed by atoms with Gasteiger partial charge in [-0.2, -0.15) is 17.6 Å². The zero-order valence-corrected chi connectivity index (χ0v) is 5.78. The number of nitrogens with zero attached hydrogens (tertiary/aromatic N) is 2. The van der Waals surface area contributed by atoms with Crippen molar-refractivity contribution in [1.29, 1.82) is 0 Å². The molecule has 1 rings (SSSR count). The van der Waals surface area contributed by atoms with Crippen LogP contribution in [0.15, 0.2) is 0 Å². The maximum atomic E-state index is 12.2. The van der Waals surface area contributed by atoms with Crippen molar-refractivity contribution in [3.63, 3.8) is 0 Å². The van der Waals surface area contributed by atoms with Crippen LogP contribution in [0.2, 0.25) is 0 Å². The summed E-state index contributed by atoms with van der Waals surface area (Å²) in [7, 11) is 0. The number of halogens is 6. The van der Waals surface area contributed by atoms with Gasteiger partial charge in [-0.15, -0.1) is 9.60 Å². The van der Waals surface area contributed by atoms with Gasteiger partial charge in [-0.05, 0) is 0 Å². The van der Waals surface area contributed by atoms with E-state index in [0.29, 0.717) is 0 Å². The van der Waals surface area contributed by atoms with Crippen LogP contribution < -0.4 is 0 Å². The molecule has 1 amide bonds. The van der Waals surface area contributed by atoms with Crippen molar-refractivity contribution >= 4 is 5.91 Å². The second-order valence-electron chi connectivity index (χ2n) is 2.28. The second-order valence-corrected chi connectivity index (χ2v) is 2.28. The van der Waals surface area contributed by atoms with Crippen LogP contribution in [0.1, 0.15) is 0 Å². The molecule has 9 heteroatoms. The van der Waals surface area contributed by atoms with Crippen LogP contribution >= 0.6 is 0 Å². The van der Waals surface area contributed by atoms with E-state index < -0.39 is 34.8 Å². The Morgan fingerprint density at radius 2 is 1.54 bits per heavy atom. The molecule has 0 spiro atoms. The molecule has 1 heterocycles. The molecule has 1 fully saturated rings. The highest BCUT2D eigenvalue weighted by Gasteiger charge is 2.71. The molecule has 0 aromatic carbocycles. The van der Waals surface area contributed by atoms with Crippen LogP contribution in [0.4, 0.5) is 26.5 Å². The lowest BCUT2D eigenvalue weighted by Gasteiger charge is -2.36. The smallest absolute Gasteiger partial charge is 0.270 e. The highest BCUT2D eigenvalue weighted by molar-refractivity contribution is 5.78. The summed E-state index contributed by atoms with van der Waals surface area (Å²) in [5, 5.41) is -3.67. The van der Waals surface area contributed by atoms with Gasteiger partial charge in [-0.25, -0.2) is 0 Å². The number of carbonyl (C=O) groups is 1. The van der Waals surface area contributed by atoms with Crippen molar-refractivity contribution in [2.75, 3.05) is 6.54 Å². The molecule has 1 aliphatic heterocycles. The fraction of sp³-hybridized carbons (Fsp3) is 0.750. The Morgan fingerprint density at radius 1 is 1.08 bits per heavy atom. The van der Waals surface area contributed by atoms with Crippen LogP contribution in [0.25, 0.3) is 0 Å². The Hall–Kier alpha value is -0.990. The van der Waals surface area contributed by atoms with E-state index in [9.17, 15) is 31.3 Å². The van der Waals surface area contributed by atoms with E-state index >= 15 is 0 Å². The molecule has 0 radical (unpaired) electrons. The summed E-state index contributed by atoms with van der Waals surface area (Å²) in [5.41, 5.74) is 0. The molecule has 3 nitrogen and oxygen atoms in total. The van der Waals surface area contributed by atoms with Crippen molar-refractivity contribution in [3.8, 4) is 0 Å². The Labute approximate surface area is 67.4 Å². The van der Waals surface area contributed by atoms with Crippen LogP contribution in [0.5, 0.6) is 0 Å². The van der Waals surface area contributed by atoms with E-state index in [1.54, 1.807) is 0 Å².